The first-order valence-electron chi connectivity index (χ1n) is 7.20. The molecule has 1 heterocycles. The smallest absolute Gasteiger partial charge is 0.252 e. The van der Waals surface area contributed by atoms with Crippen LogP contribution in [0.1, 0.15) is 28.9 Å². The Kier molecular flexibility index (Phi) is 4.52. The van der Waals surface area contributed by atoms with Crippen LogP contribution in [0.15, 0.2) is 40.9 Å². The highest BCUT2D eigenvalue weighted by Gasteiger charge is 2.17. The third kappa shape index (κ3) is 3.47. The first-order valence-corrected chi connectivity index (χ1v) is 7.99. The van der Waals surface area contributed by atoms with Crippen molar-refractivity contribution in [3.05, 3.63) is 57.8 Å². The number of carbonyl (C=O) groups is 1. The molecular formula is C17H15BrFNO3. The van der Waals surface area contributed by atoms with Crippen molar-refractivity contribution in [1.29, 1.82) is 0 Å². The van der Waals surface area contributed by atoms with Crippen LogP contribution in [0.5, 0.6) is 11.5 Å². The van der Waals surface area contributed by atoms with E-state index < -0.39 is 5.82 Å². The molecule has 1 unspecified atom stereocenters. The van der Waals surface area contributed by atoms with Crippen molar-refractivity contribution in [2.75, 3.05) is 13.2 Å². The maximum atomic E-state index is 13.1. The van der Waals surface area contributed by atoms with Gasteiger partial charge in [0.25, 0.3) is 5.91 Å². The van der Waals surface area contributed by atoms with Gasteiger partial charge < -0.3 is 14.8 Å². The summed E-state index contributed by atoms with van der Waals surface area (Å²) in [6.07, 6.45) is 0. The van der Waals surface area contributed by atoms with Gasteiger partial charge in [-0.1, -0.05) is 6.07 Å². The molecule has 6 heteroatoms. The normalized spacial score (nSPS) is 14.2. The molecule has 1 atom stereocenters. The number of benzene rings is 2. The molecule has 3 rings (SSSR count). The van der Waals surface area contributed by atoms with Gasteiger partial charge in [0.1, 0.15) is 19.0 Å². The molecule has 1 aliphatic heterocycles. The molecule has 0 aromatic heterocycles. The van der Waals surface area contributed by atoms with Gasteiger partial charge in [-0.25, -0.2) is 4.39 Å². The van der Waals surface area contributed by atoms with E-state index in [0.717, 1.165) is 5.56 Å². The van der Waals surface area contributed by atoms with E-state index in [1.807, 2.05) is 25.1 Å². The van der Waals surface area contributed by atoms with Gasteiger partial charge in [-0.3, -0.25) is 4.79 Å². The molecule has 23 heavy (non-hydrogen) atoms. The lowest BCUT2D eigenvalue weighted by atomic mass is 10.1. The zero-order valence-corrected chi connectivity index (χ0v) is 14.0. The Balaban J connectivity index is 1.76. The van der Waals surface area contributed by atoms with Crippen LogP contribution in [0.25, 0.3) is 0 Å². The Bertz CT molecular complexity index is 751. The van der Waals surface area contributed by atoms with Crippen LogP contribution in [0.2, 0.25) is 0 Å². The van der Waals surface area contributed by atoms with Crippen LogP contribution in [0.4, 0.5) is 4.39 Å². The number of ether oxygens (including phenoxy) is 2. The molecule has 0 radical (unpaired) electrons. The van der Waals surface area contributed by atoms with Crippen molar-refractivity contribution in [3.63, 3.8) is 0 Å². The molecule has 1 aliphatic rings. The lowest BCUT2D eigenvalue weighted by Crippen LogP contribution is -2.27. The third-order valence-corrected chi connectivity index (χ3v) is 4.25. The molecule has 1 N–H and O–H groups in total. The van der Waals surface area contributed by atoms with Gasteiger partial charge in [-0.15, -0.1) is 0 Å². The van der Waals surface area contributed by atoms with E-state index in [1.165, 1.54) is 18.2 Å². The molecule has 0 fully saturated rings. The maximum absolute atomic E-state index is 13.1. The third-order valence-electron chi connectivity index (χ3n) is 3.59. The second kappa shape index (κ2) is 6.58. The molecule has 2 aromatic carbocycles. The minimum Gasteiger partial charge on any atom is -0.486 e. The van der Waals surface area contributed by atoms with E-state index in [2.05, 4.69) is 21.2 Å². The Morgan fingerprint density at radius 3 is 2.65 bits per heavy atom. The molecule has 2 aromatic rings. The average Bonchev–Trinajstić information content (AvgIpc) is 2.54. The van der Waals surface area contributed by atoms with Gasteiger partial charge in [-0.2, -0.15) is 0 Å². The number of fused-ring (bicyclic) bond motifs is 1. The SMILES string of the molecule is CC(NC(=O)c1ccc(F)cc1Br)c1ccc2c(c1)OCCO2. The molecule has 0 aliphatic carbocycles. The standard InChI is InChI=1S/C17H15BrFNO3/c1-10(11-2-5-15-16(8-11)23-7-6-22-15)20-17(21)13-4-3-12(19)9-14(13)18/h2-5,8-10H,6-7H2,1H3,(H,20,21). The Morgan fingerprint density at radius 1 is 1.17 bits per heavy atom. The molecule has 0 spiro atoms. The number of nitrogens with one attached hydrogen (secondary N) is 1. The van der Waals surface area contributed by atoms with Crippen molar-refractivity contribution in [2.45, 2.75) is 13.0 Å². The van der Waals surface area contributed by atoms with Gasteiger partial charge in [0, 0.05) is 4.47 Å². The van der Waals surface area contributed by atoms with E-state index in [1.54, 1.807) is 0 Å². The molecular weight excluding hydrogens is 365 g/mol. The molecule has 1 amide bonds. The maximum Gasteiger partial charge on any atom is 0.252 e. The van der Waals surface area contributed by atoms with Crippen molar-refractivity contribution in [2.24, 2.45) is 0 Å². The van der Waals surface area contributed by atoms with Crippen molar-refractivity contribution in [1.82, 2.24) is 5.32 Å². The average molecular weight is 380 g/mol. The number of hydrogen-bond acceptors (Lipinski definition) is 3. The summed E-state index contributed by atoms with van der Waals surface area (Å²) in [6.45, 7) is 2.93. The van der Waals surface area contributed by atoms with Gasteiger partial charge in [0.15, 0.2) is 11.5 Å². The van der Waals surface area contributed by atoms with E-state index >= 15 is 0 Å². The summed E-state index contributed by atoms with van der Waals surface area (Å²) < 4.78 is 24.6. The fourth-order valence-corrected chi connectivity index (χ4v) is 2.89. The number of hydrogen-bond donors (Lipinski definition) is 1. The Labute approximate surface area is 141 Å². The highest BCUT2D eigenvalue weighted by molar-refractivity contribution is 9.10. The van der Waals surface area contributed by atoms with Crippen LogP contribution in [-0.2, 0) is 0 Å². The summed E-state index contributed by atoms with van der Waals surface area (Å²) >= 11 is 3.21. The topological polar surface area (TPSA) is 47.6 Å². The van der Waals surface area contributed by atoms with Crippen molar-refractivity contribution < 1.29 is 18.7 Å². The molecule has 4 nitrogen and oxygen atoms in total. The zero-order chi connectivity index (χ0) is 16.4. The quantitative estimate of drug-likeness (QED) is 0.880. The number of halogens is 2. The van der Waals surface area contributed by atoms with Crippen LogP contribution in [0.3, 0.4) is 0 Å². The fraction of sp³-hybridized carbons (Fsp3) is 0.235. The molecule has 120 valence electrons. The van der Waals surface area contributed by atoms with Gasteiger partial charge in [0.05, 0.1) is 11.6 Å². The summed E-state index contributed by atoms with van der Waals surface area (Å²) in [4.78, 5) is 12.3. The van der Waals surface area contributed by atoms with Crippen LogP contribution < -0.4 is 14.8 Å². The minimum atomic E-state index is -0.395. The number of carbonyl (C=O) groups excluding carboxylic acids is 1. The fourth-order valence-electron chi connectivity index (χ4n) is 2.36. The lowest BCUT2D eigenvalue weighted by Gasteiger charge is -2.21. The van der Waals surface area contributed by atoms with Gasteiger partial charge >= 0.3 is 0 Å². The summed E-state index contributed by atoms with van der Waals surface area (Å²) in [6, 6.07) is 9.33. The van der Waals surface area contributed by atoms with E-state index in [-0.39, 0.29) is 11.9 Å². The summed E-state index contributed by atoms with van der Waals surface area (Å²) in [7, 11) is 0. The summed E-state index contributed by atoms with van der Waals surface area (Å²) in [5.41, 5.74) is 1.29. The van der Waals surface area contributed by atoms with Crippen molar-refractivity contribution >= 4 is 21.8 Å². The molecule has 0 saturated heterocycles. The summed E-state index contributed by atoms with van der Waals surface area (Å²) in [5.74, 6) is 0.713. The van der Waals surface area contributed by atoms with E-state index in [9.17, 15) is 9.18 Å². The lowest BCUT2D eigenvalue weighted by molar-refractivity contribution is 0.0939. The highest BCUT2D eigenvalue weighted by atomic mass is 79.9. The predicted octanol–water partition coefficient (Wildman–Crippen LogP) is 3.85. The molecule has 0 bridgehead atoms. The van der Waals surface area contributed by atoms with Gasteiger partial charge in [0.2, 0.25) is 0 Å². The van der Waals surface area contributed by atoms with Gasteiger partial charge in [-0.05, 0) is 58.7 Å². The van der Waals surface area contributed by atoms with Crippen molar-refractivity contribution in [3.8, 4) is 11.5 Å². The Hall–Kier alpha value is -2.08. The number of amides is 1. The number of rotatable bonds is 3. The summed E-state index contributed by atoms with van der Waals surface area (Å²) in [5, 5.41) is 2.89. The second-order valence-corrected chi connectivity index (χ2v) is 6.08. The zero-order valence-electron chi connectivity index (χ0n) is 12.4. The first kappa shape index (κ1) is 15.8. The van der Waals surface area contributed by atoms with Crippen LogP contribution >= 0.6 is 15.9 Å². The largest absolute Gasteiger partial charge is 0.486 e. The van der Waals surface area contributed by atoms with E-state index in [4.69, 9.17) is 9.47 Å². The van der Waals surface area contributed by atoms with Crippen LogP contribution in [-0.4, -0.2) is 19.1 Å². The Morgan fingerprint density at radius 2 is 1.91 bits per heavy atom. The second-order valence-electron chi connectivity index (χ2n) is 5.22. The van der Waals surface area contributed by atoms with Crippen LogP contribution in [0, 0.1) is 5.82 Å². The molecule has 0 saturated carbocycles. The monoisotopic (exact) mass is 379 g/mol. The highest BCUT2D eigenvalue weighted by Crippen LogP contribution is 2.32. The minimum absolute atomic E-state index is 0.227. The van der Waals surface area contributed by atoms with E-state index in [0.29, 0.717) is 34.7 Å². The predicted molar refractivity (Wildman–Crippen MR) is 87.4 cm³/mol. The first-order chi connectivity index (χ1) is 11.0.